The second-order valence-corrected chi connectivity index (χ2v) is 10.7. The fourth-order valence-corrected chi connectivity index (χ4v) is 3.27. The predicted octanol–water partition coefficient (Wildman–Crippen LogP) is 3.52. The van der Waals surface area contributed by atoms with Crippen LogP contribution < -0.4 is 5.19 Å². The monoisotopic (exact) mass is 228 g/mol. The molecule has 0 fully saturated rings. The molecule has 0 saturated carbocycles. The van der Waals surface area contributed by atoms with Crippen molar-refractivity contribution >= 4 is 13.3 Å². The van der Waals surface area contributed by atoms with Crippen LogP contribution in [-0.2, 0) is 6.42 Å². The lowest BCUT2D eigenvalue weighted by Gasteiger charge is -2.18. The van der Waals surface area contributed by atoms with E-state index in [-0.39, 0.29) is 0 Å². The molecule has 0 unspecified atom stereocenters. The minimum atomic E-state index is -1.16. The highest BCUT2D eigenvalue weighted by molar-refractivity contribution is 6.88. The van der Waals surface area contributed by atoms with Crippen LogP contribution in [0.4, 0.5) is 0 Å². The van der Waals surface area contributed by atoms with E-state index in [4.69, 9.17) is 0 Å². The zero-order chi connectivity index (χ0) is 11.6. The van der Waals surface area contributed by atoms with Gasteiger partial charge in [0.25, 0.3) is 0 Å². The summed E-state index contributed by atoms with van der Waals surface area (Å²) in [5.74, 6) is 0.608. The Morgan fingerprint density at radius 3 is 2.38 bits per heavy atom. The molecule has 0 radical (unpaired) electrons. The third kappa shape index (κ3) is 2.73. The average molecular weight is 228 g/mol. The smallest absolute Gasteiger partial charge is 0.0773 e. The molecule has 0 bridgehead atoms. The average Bonchev–Trinajstić information content (AvgIpc) is 2.70. The van der Waals surface area contributed by atoms with Crippen molar-refractivity contribution in [2.75, 3.05) is 0 Å². The number of allylic oxidation sites excluding steroid dienone is 4. The molecule has 0 heterocycles. The molecular weight excluding hydrogens is 208 g/mol. The van der Waals surface area contributed by atoms with Crippen molar-refractivity contribution in [1.29, 1.82) is 0 Å². The first-order valence-electron chi connectivity index (χ1n) is 6.00. The van der Waals surface area contributed by atoms with Crippen LogP contribution in [0.1, 0.15) is 5.56 Å². The molecule has 2 rings (SSSR count). The first kappa shape index (κ1) is 11.4. The van der Waals surface area contributed by atoms with Crippen molar-refractivity contribution in [3.63, 3.8) is 0 Å². The van der Waals surface area contributed by atoms with Gasteiger partial charge >= 0.3 is 0 Å². The molecule has 16 heavy (non-hydrogen) atoms. The van der Waals surface area contributed by atoms with Gasteiger partial charge in [-0.2, -0.15) is 0 Å². The minimum absolute atomic E-state index is 0.608. The van der Waals surface area contributed by atoms with Gasteiger partial charge in [-0.25, -0.2) is 0 Å². The fraction of sp³-hybridized carbons (Fsp3) is 0.333. The molecule has 1 aromatic carbocycles. The lowest BCUT2D eigenvalue weighted by Crippen LogP contribution is -2.37. The standard InChI is InChI=1S/C15H20Si/c1-16(2,3)15-10-6-9-14(12-15)11-13-7-4-5-8-13/h4-10,12-13H,11H2,1-3H3. The summed E-state index contributed by atoms with van der Waals surface area (Å²) in [4.78, 5) is 0. The Morgan fingerprint density at radius 1 is 1.06 bits per heavy atom. The minimum Gasteiger partial charge on any atom is -0.0773 e. The highest BCUT2D eigenvalue weighted by Gasteiger charge is 2.16. The molecule has 0 saturated heterocycles. The summed E-state index contributed by atoms with van der Waals surface area (Å²) in [6, 6.07) is 9.16. The van der Waals surface area contributed by atoms with Gasteiger partial charge in [-0.1, -0.05) is 73.4 Å². The van der Waals surface area contributed by atoms with Crippen LogP contribution in [0.3, 0.4) is 0 Å². The van der Waals surface area contributed by atoms with Crippen LogP contribution in [0.25, 0.3) is 0 Å². The largest absolute Gasteiger partial charge is 0.0776 e. The van der Waals surface area contributed by atoms with Crippen molar-refractivity contribution in [2.45, 2.75) is 26.1 Å². The molecule has 0 nitrogen and oxygen atoms in total. The van der Waals surface area contributed by atoms with Crippen LogP contribution in [0.5, 0.6) is 0 Å². The molecule has 0 N–H and O–H groups in total. The lowest BCUT2D eigenvalue weighted by molar-refractivity contribution is 0.817. The second-order valence-electron chi connectivity index (χ2n) is 5.59. The van der Waals surface area contributed by atoms with Crippen molar-refractivity contribution in [2.24, 2.45) is 5.92 Å². The SMILES string of the molecule is C[Si](C)(C)c1cccc(CC2C=CC=C2)c1. The van der Waals surface area contributed by atoms with E-state index < -0.39 is 8.07 Å². The Morgan fingerprint density at radius 2 is 1.75 bits per heavy atom. The number of hydrogen-bond acceptors (Lipinski definition) is 0. The Balaban J connectivity index is 2.16. The van der Waals surface area contributed by atoms with Crippen LogP contribution in [0.2, 0.25) is 19.6 Å². The van der Waals surface area contributed by atoms with Crippen LogP contribution in [0, 0.1) is 5.92 Å². The summed E-state index contributed by atoms with van der Waals surface area (Å²) in [6.07, 6.45) is 9.99. The van der Waals surface area contributed by atoms with E-state index in [1.54, 1.807) is 5.19 Å². The topological polar surface area (TPSA) is 0 Å². The van der Waals surface area contributed by atoms with E-state index >= 15 is 0 Å². The molecule has 0 aliphatic heterocycles. The van der Waals surface area contributed by atoms with Crippen molar-refractivity contribution in [1.82, 2.24) is 0 Å². The van der Waals surface area contributed by atoms with Crippen LogP contribution in [-0.4, -0.2) is 8.07 Å². The van der Waals surface area contributed by atoms with E-state index in [2.05, 4.69) is 68.2 Å². The van der Waals surface area contributed by atoms with Gasteiger partial charge in [0.2, 0.25) is 0 Å². The van der Waals surface area contributed by atoms with E-state index in [9.17, 15) is 0 Å². The second kappa shape index (κ2) is 4.42. The predicted molar refractivity (Wildman–Crippen MR) is 74.9 cm³/mol. The Hall–Kier alpha value is -1.08. The van der Waals surface area contributed by atoms with Gasteiger partial charge in [0.05, 0.1) is 8.07 Å². The summed E-state index contributed by atoms with van der Waals surface area (Å²) in [7, 11) is -1.16. The van der Waals surface area contributed by atoms with Gasteiger partial charge in [-0.15, -0.1) is 0 Å². The normalized spacial score (nSPS) is 15.9. The van der Waals surface area contributed by atoms with Gasteiger partial charge in [0, 0.05) is 0 Å². The Labute approximate surface area is 99.7 Å². The molecule has 84 valence electrons. The molecule has 1 aliphatic carbocycles. The quantitative estimate of drug-likeness (QED) is 0.694. The Kier molecular flexibility index (Phi) is 3.15. The van der Waals surface area contributed by atoms with Crippen LogP contribution in [0.15, 0.2) is 48.6 Å². The molecule has 0 amide bonds. The third-order valence-corrected chi connectivity index (χ3v) is 5.14. The molecule has 0 aromatic heterocycles. The zero-order valence-electron chi connectivity index (χ0n) is 10.4. The van der Waals surface area contributed by atoms with Crippen LogP contribution >= 0.6 is 0 Å². The lowest BCUT2D eigenvalue weighted by atomic mass is 10.0. The summed E-state index contributed by atoms with van der Waals surface area (Å²) < 4.78 is 0. The third-order valence-electron chi connectivity index (χ3n) is 3.09. The van der Waals surface area contributed by atoms with E-state index in [0.29, 0.717) is 5.92 Å². The molecular formula is C15H20Si. The highest BCUT2D eigenvalue weighted by atomic mass is 28.3. The van der Waals surface area contributed by atoms with Crippen molar-refractivity contribution in [3.8, 4) is 0 Å². The molecule has 1 heteroatoms. The number of rotatable bonds is 3. The maximum Gasteiger partial charge on any atom is 0.0776 e. The highest BCUT2D eigenvalue weighted by Crippen LogP contribution is 2.16. The van der Waals surface area contributed by atoms with Gasteiger partial charge in [0.1, 0.15) is 0 Å². The maximum atomic E-state index is 2.41. The number of benzene rings is 1. The van der Waals surface area contributed by atoms with Gasteiger partial charge < -0.3 is 0 Å². The Bertz CT molecular complexity index is 409. The molecule has 1 aromatic rings. The summed E-state index contributed by atoms with van der Waals surface area (Å²) in [5, 5.41) is 1.57. The van der Waals surface area contributed by atoms with E-state index in [0.717, 1.165) is 6.42 Å². The van der Waals surface area contributed by atoms with Gasteiger partial charge in [-0.05, 0) is 17.9 Å². The van der Waals surface area contributed by atoms with Gasteiger partial charge in [0.15, 0.2) is 0 Å². The first-order valence-corrected chi connectivity index (χ1v) is 9.50. The summed E-state index contributed by atoms with van der Waals surface area (Å²) in [6.45, 7) is 7.21. The van der Waals surface area contributed by atoms with Crippen molar-refractivity contribution < 1.29 is 0 Å². The van der Waals surface area contributed by atoms with E-state index in [1.165, 1.54) is 5.56 Å². The molecule has 1 aliphatic rings. The first-order chi connectivity index (χ1) is 7.55. The summed E-state index contributed by atoms with van der Waals surface area (Å²) >= 11 is 0. The van der Waals surface area contributed by atoms with E-state index in [1.807, 2.05) is 0 Å². The molecule has 0 spiro atoms. The van der Waals surface area contributed by atoms with Crippen molar-refractivity contribution in [3.05, 3.63) is 54.1 Å². The van der Waals surface area contributed by atoms with Gasteiger partial charge in [-0.3, -0.25) is 0 Å². The number of hydrogen-bond donors (Lipinski definition) is 0. The zero-order valence-corrected chi connectivity index (χ0v) is 11.4. The fourth-order valence-electron chi connectivity index (χ4n) is 2.05. The maximum absolute atomic E-state index is 2.41. The molecule has 0 atom stereocenters. The summed E-state index contributed by atoms with van der Waals surface area (Å²) in [5.41, 5.74) is 1.47.